The largest absolute Gasteiger partial charge is 0.301 e. The third kappa shape index (κ3) is 2.54. The number of hydrogen-bond acceptors (Lipinski definition) is 3. The van der Waals surface area contributed by atoms with Gasteiger partial charge in [0.1, 0.15) is 0 Å². The van der Waals surface area contributed by atoms with Crippen molar-refractivity contribution >= 4 is 0 Å². The molecular formula is C12H17N3. The topological polar surface area (TPSA) is 39.9 Å². The molecule has 0 aliphatic carbocycles. The summed E-state index contributed by atoms with van der Waals surface area (Å²) >= 11 is 0. The van der Waals surface area contributed by atoms with Gasteiger partial charge in [-0.1, -0.05) is 6.07 Å². The Morgan fingerprint density at radius 1 is 1.47 bits per heavy atom. The number of nitrogens with zero attached hydrogens (tertiary/aromatic N) is 3. The number of rotatable bonds is 3. The molecule has 80 valence electrons. The molecule has 0 spiro atoms. The Hall–Kier alpha value is -1.40. The van der Waals surface area contributed by atoms with Gasteiger partial charge in [-0.2, -0.15) is 5.26 Å². The molecule has 0 aromatic carbocycles. The van der Waals surface area contributed by atoms with E-state index in [1.54, 1.807) is 6.20 Å². The molecule has 1 aromatic heterocycles. The SMILES string of the molecule is CN(C)C(c1cccnc1)C(C)(C)C#N. The second-order valence-electron chi connectivity index (χ2n) is 4.49. The van der Waals surface area contributed by atoms with E-state index >= 15 is 0 Å². The third-order valence-electron chi connectivity index (χ3n) is 2.49. The summed E-state index contributed by atoms with van der Waals surface area (Å²) in [6.45, 7) is 3.90. The molecule has 0 saturated heterocycles. The Balaban J connectivity index is 3.11. The number of hydrogen-bond donors (Lipinski definition) is 0. The second-order valence-corrected chi connectivity index (χ2v) is 4.49. The normalized spacial score (nSPS) is 13.6. The van der Waals surface area contributed by atoms with Gasteiger partial charge in [0, 0.05) is 12.4 Å². The molecular weight excluding hydrogens is 186 g/mol. The van der Waals surface area contributed by atoms with Gasteiger partial charge in [0.2, 0.25) is 0 Å². The van der Waals surface area contributed by atoms with Crippen LogP contribution in [-0.2, 0) is 0 Å². The van der Waals surface area contributed by atoms with Crippen molar-refractivity contribution in [3.8, 4) is 6.07 Å². The van der Waals surface area contributed by atoms with E-state index < -0.39 is 5.41 Å². The predicted octanol–water partition coefficient (Wildman–Crippen LogP) is 2.23. The van der Waals surface area contributed by atoms with Crippen molar-refractivity contribution in [1.29, 1.82) is 5.26 Å². The Labute approximate surface area is 91.4 Å². The van der Waals surface area contributed by atoms with Gasteiger partial charge in [0.25, 0.3) is 0 Å². The Morgan fingerprint density at radius 3 is 2.53 bits per heavy atom. The summed E-state index contributed by atoms with van der Waals surface area (Å²) in [4.78, 5) is 6.16. The van der Waals surface area contributed by atoms with Crippen LogP contribution in [0.1, 0.15) is 25.5 Å². The first-order valence-electron chi connectivity index (χ1n) is 4.96. The van der Waals surface area contributed by atoms with Crippen molar-refractivity contribution in [3.63, 3.8) is 0 Å². The summed E-state index contributed by atoms with van der Waals surface area (Å²) in [5, 5.41) is 9.18. The van der Waals surface area contributed by atoms with Gasteiger partial charge >= 0.3 is 0 Å². The van der Waals surface area contributed by atoms with Crippen molar-refractivity contribution in [3.05, 3.63) is 30.1 Å². The Kier molecular flexibility index (Phi) is 3.43. The summed E-state index contributed by atoms with van der Waals surface area (Å²) in [6, 6.07) is 6.33. The molecule has 1 rings (SSSR count). The first-order chi connectivity index (χ1) is 6.99. The minimum atomic E-state index is -0.424. The Bertz CT molecular complexity index is 349. The van der Waals surface area contributed by atoms with Crippen molar-refractivity contribution in [2.45, 2.75) is 19.9 Å². The molecule has 0 N–H and O–H groups in total. The first kappa shape index (κ1) is 11.7. The minimum absolute atomic E-state index is 0.0659. The van der Waals surface area contributed by atoms with E-state index in [-0.39, 0.29) is 6.04 Å². The molecule has 0 amide bonds. The quantitative estimate of drug-likeness (QED) is 0.756. The first-order valence-corrected chi connectivity index (χ1v) is 4.96. The fourth-order valence-electron chi connectivity index (χ4n) is 1.96. The molecule has 1 aromatic rings. The predicted molar refractivity (Wildman–Crippen MR) is 60.1 cm³/mol. The maximum atomic E-state index is 9.18. The number of pyridine rings is 1. The zero-order chi connectivity index (χ0) is 11.5. The van der Waals surface area contributed by atoms with E-state index in [0.717, 1.165) is 5.56 Å². The van der Waals surface area contributed by atoms with Crippen molar-refractivity contribution in [2.24, 2.45) is 5.41 Å². The van der Waals surface area contributed by atoms with Crippen LogP contribution in [0.3, 0.4) is 0 Å². The third-order valence-corrected chi connectivity index (χ3v) is 2.49. The average molecular weight is 203 g/mol. The van der Waals surface area contributed by atoms with Crippen LogP contribution in [0.2, 0.25) is 0 Å². The van der Waals surface area contributed by atoms with Gasteiger partial charge in [-0.3, -0.25) is 4.98 Å². The van der Waals surface area contributed by atoms with E-state index in [1.807, 2.05) is 46.3 Å². The highest BCUT2D eigenvalue weighted by molar-refractivity contribution is 5.20. The second kappa shape index (κ2) is 4.41. The zero-order valence-electron chi connectivity index (χ0n) is 9.73. The summed E-state index contributed by atoms with van der Waals surface area (Å²) in [6.07, 6.45) is 3.57. The highest BCUT2D eigenvalue weighted by Crippen LogP contribution is 2.35. The lowest BCUT2D eigenvalue weighted by atomic mass is 9.81. The van der Waals surface area contributed by atoms with Crippen LogP contribution in [0.4, 0.5) is 0 Å². The van der Waals surface area contributed by atoms with Gasteiger partial charge in [0.05, 0.1) is 17.5 Å². The van der Waals surface area contributed by atoms with Crippen LogP contribution >= 0.6 is 0 Å². The fourth-order valence-corrected chi connectivity index (χ4v) is 1.96. The molecule has 0 aliphatic rings. The number of nitriles is 1. The van der Waals surface area contributed by atoms with E-state index in [0.29, 0.717) is 0 Å². The smallest absolute Gasteiger partial charge is 0.0714 e. The van der Waals surface area contributed by atoms with Gasteiger partial charge in [0.15, 0.2) is 0 Å². The fraction of sp³-hybridized carbons (Fsp3) is 0.500. The molecule has 15 heavy (non-hydrogen) atoms. The van der Waals surface area contributed by atoms with Crippen LogP contribution in [0.5, 0.6) is 0 Å². The lowest BCUT2D eigenvalue weighted by molar-refractivity contribution is 0.185. The van der Waals surface area contributed by atoms with Crippen molar-refractivity contribution in [2.75, 3.05) is 14.1 Å². The van der Waals surface area contributed by atoms with Crippen LogP contribution in [0.25, 0.3) is 0 Å². The molecule has 0 aliphatic heterocycles. The molecule has 0 radical (unpaired) electrons. The Morgan fingerprint density at radius 2 is 2.13 bits per heavy atom. The maximum Gasteiger partial charge on any atom is 0.0714 e. The highest BCUT2D eigenvalue weighted by Gasteiger charge is 2.32. The minimum Gasteiger partial charge on any atom is -0.301 e. The summed E-state index contributed by atoms with van der Waals surface area (Å²) in [5.41, 5.74) is 0.654. The molecule has 3 nitrogen and oxygen atoms in total. The molecule has 3 heteroatoms. The molecule has 1 atom stereocenters. The van der Waals surface area contributed by atoms with Gasteiger partial charge < -0.3 is 4.90 Å². The van der Waals surface area contributed by atoms with E-state index in [1.165, 1.54) is 0 Å². The van der Waals surface area contributed by atoms with Crippen molar-refractivity contribution in [1.82, 2.24) is 9.88 Å². The van der Waals surface area contributed by atoms with Crippen LogP contribution in [0, 0.1) is 16.7 Å². The summed E-state index contributed by atoms with van der Waals surface area (Å²) in [5.74, 6) is 0. The van der Waals surface area contributed by atoms with Crippen LogP contribution in [-0.4, -0.2) is 24.0 Å². The zero-order valence-corrected chi connectivity index (χ0v) is 9.73. The molecule has 1 heterocycles. The maximum absolute atomic E-state index is 9.18. The van der Waals surface area contributed by atoms with E-state index in [2.05, 4.69) is 16.0 Å². The molecule has 0 bridgehead atoms. The lowest BCUT2D eigenvalue weighted by Crippen LogP contribution is -2.32. The van der Waals surface area contributed by atoms with E-state index in [4.69, 9.17) is 0 Å². The monoisotopic (exact) mass is 203 g/mol. The molecule has 0 saturated carbocycles. The standard InChI is InChI=1S/C12H17N3/c1-12(2,9-13)11(15(3)4)10-6-5-7-14-8-10/h5-8,11H,1-4H3. The summed E-state index contributed by atoms with van der Waals surface area (Å²) < 4.78 is 0. The van der Waals surface area contributed by atoms with Gasteiger partial charge in [-0.15, -0.1) is 0 Å². The molecule has 1 unspecified atom stereocenters. The van der Waals surface area contributed by atoms with E-state index in [9.17, 15) is 5.26 Å². The van der Waals surface area contributed by atoms with Gasteiger partial charge in [-0.05, 0) is 39.6 Å². The lowest BCUT2D eigenvalue weighted by Gasteiger charge is -2.33. The van der Waals surface area contributed by atoms with Gasteiger partial charge in [-0.25, -0.2) is 0 Å². The van der Waals surface area contributed by atoms with Crippen molar-refractivity contribution < 1.29 is 0 Å². The van der Waals surface area contributed by atoms with Crippen LogP contribution in [0.15, 0.2) is 24.5 Å². The summed E-state index contributed by atoms with van der Waals surface area (Å²) in [7, 11) is 3.97. The average Bonchev–Trinajstić information content (AvgIpc) is 2.18. The number of aromatic nitrogens is 1. The highest BCUT2D eigenvalue weighted by atomic mass is 15.1. The van der Waals surface area contributed by atoms with Crippen LogP contribution < -0.4 is 0 Å². The molecule has 0 fully saturated rings.